The molecule has 2 heterocycles. The Morgan fingerprint density at radius 1 is 1.38 bits per heavy atom. The minimum Gasteiger partial charge on any atom is -0.493 e. The Kier molecular flexibility index (Phi) is 2.29. The fourth-order valence-electron chi connectivity index (χ4n) is 1.96. The first kappa shape index (κ1) is 9.66. The summed E-state index contributed by atoms with van der Waals surface area (Å²) >= 11 is 0. The molecule has 1 amide bonds. The van der Waals surface area contributed by atoms with Crippen molar-refractivity contribution in [2.45, 2.75) is 18.6 Å². The number of hydrogen-bond donors (Lipinski definition) is 1. The third kappa shape index (κ3) is 1.76. The predicted octanol–water partition coefficient (Wildman–Crippen LogP) is 1.03. The van der Waals surface area contributed by atoms with E-state index in [1.807, 2.05) is 24.3 Å². The number of para-hydroxylation sites is 1. The lowest BCUT2D eigenvalue weighted by molar-refractivity contribution is -0.123. The van der Waals surface area contributed by atoms with Gasteiger partial charge < -0.3 is 14.8 Å². The van der Waals surface area contributed by atoms with Crippen molar-refractivity contribution in [1.82, 2.24) is 5.32 Å². The summed E-state index contributed by atoms with van der Waals surface area (Å²) in [6.45, 7) is 1.20. The summed E-state index contributed by atoms with van der Waals surface area (Å²) in [5, 5.41) is 2.99. The SMILES string of the molecule is O=C(NC1CCOc2ccccc21)C1CO1. The van der Waals surface area contributed by atoms with E-state index in [1.54, 1.807) is 0 Å². The lowest BCUT2D eigenvalue weighted by Gasteiger charge is -2.26. The molecule has 2 unspecified atom stereocenters. The number of carbonyl (C=O) groups excluding carboxylic acids is 1. The molecule has 16 heavy (non-hydrogen) atoms. The van der Waals surface area contributed by atoms with Gasteiger partial charge in [0.2, 0.25) is 0 Å². The fourth-order valence-corrected chi connectivity index (χ4v) is 1.96. The Morgan fingerprint density at radius 3 is 3.00 bits per heavy atom. The van der Waals surface area contributed by atoms with Crippen LogP contribution in [0.25, 0.3) is 0 Å². The number of carbonyl (C=O) groups is 1. The van der Waals surface area contributed by atoms with Crippen LogP contribution in [0.15, 0.2) is 24.3 Å². The molecule has 2 atom stereocenters. The van der Waals surface area contributed by atoms with Gasteiger partial charge in [-0.2, -0.15) is 0 Å². The number of ether oxygens (including phenoxy) is 2. The van der Waals surface area contributed by atoms with Crippen LogP contribution >= 0.6 is 0 Å². The highest BCUT2D eigenvalue weighted by atomic mass is 16.6. The molecule has 0 saturated carbocycles. The summed E-state index contributed by atoms with van der Waals surface area (Å²) in [6, 6.07) is 7.88. The van der Waals surface area contributed by atoms with Gasteiger partial charge in [-0.25, -0.2) is 0 Å². The number of hydrogen-bond acceptors (Lipinski definition) is 3. The molecule has 0 radical (unpaired) electrons. The average molecular weight is 219 g/mol. The number of fused-ring (bicyclic) bond motifs is 1. The van der Waals surface area contributed by atoms with Crippen LogP contribution in [0.2, 0.25) is 0 Å². The van der Waals surface area contributed by atoms with Crippen molar-refractivity contribution in [3.63, 3.8) is 0 Å². The number of epoxide rings is 1. The Hall–Kier alpha value is -1.55. The highest BCUT2D eigenvalue weighted by Crippen LogP contribution is 2.31. The first-order chi connectivity index (χ1) is 7.84. The lowest BCUT2D eigenvalue weighted by atomic mass is 10.0. The van der Waals surface area contributed by atoms with Crippen molar-refractivity contribution in [1.29, 1.82) is 0 Å². The van der Waals surface area contributed by atoms with E-state index in [9.17, 15) is 4.79 Å². The number of benzene rings is 1. The highest BCUT2D eigenvalue weighted by molar-refractivity contribution is 5.83. The highest BCUT2D eigenvalue weighted by Gasteiger charge is 2.33. The van der Waals surface area contributed by atoms with Gasteiger partial charge in [-0.1, -0.05) is 18.2 Å². The molecule has 0 aromatic heterocycles. The molecule has 1 saturated heterocycles. The van der Waals surface area contributed by atoms with Gasteiger partial charge in [0.25, 0.3) is 5.91 Å². The zero-order valence-corrected chi connectivity index (χ0v) is 8.81. The van der Waals surface area contributed by atoms with Crippen LogP contribution in [0.5, 0.6) is 5.75 Å². The van der Waals surface area contributed by atoms with E-state index >= 15 is 0 Å². The van der Waals surface area contributed by atoms with Gasteiger partial charge in [-0.15, -0.1) is 0 Å². The molecule has 1 fully saturated rings. The second-order valence-electron chi connectivity index (χ2n) is 4.06. The van der Waals surface area contributed by atoms with Crippen molar-refractivity contribution in [2.24, 2.45) is 0 Å². The van der Waals surface area contributed by atoms with E-state index in [-0.39, 0.29) is 18.1 Å². The Morgan fingerprint density at radius 2 is 2.19 bits per heavy atom. The second-order valence-corrected chi connectivity index (χ2v) is 4.06. The van der Waals surface area contributed by atoms with Crippen LogP contribution in [0.1, 0.15) is 18.0 Å². The number of nitrogens with one attached hydrogen (secondary N) is 1. The topological polar surface area (TPSA) is 50.9 Å². The van der Waals surface area contributed by atoms with E-state index < -0.39 is 0 Å². The standard InChI is InChI=1S/C12H13NO3/c14-12(11-7-16-11)13-9-5-6-15-10-4-2-1-3-8(9)10/h1-4,9,11H,5-7H2,(H,13,14). The number of rotatable bonds is 2. The molecule has 1 aromatic rings. The summed E-state index contributed by atoms with van der Waals surface area (Å²) in [5.74, 6) is 0.859. The van der Waals surface area contributed by atoms with Crippen molar-refractivity contribution in [3.8, 4) is 5.75 Å². The largest absolute Gasteiger partial charge is 0.493 e. The second kappa shape index (κ2) is 3.79. The average Bonchev–Trinajstić information content (AvgIpc) is 3.13. The van der Waals surface area contributed by atoms with E-state index in [0.29, 0.717) is 13.2 Å². The van der Waals surface area contributed by atoms with Gasteiger partial charge in [-0.3, -0.25) is 4.79 Å². The molecule has 2 aliphatic heterocycles. The maximum atomic E-state index is 11.6. The minimum absolute atomic E-state index is 0.0123. The normalized spacial score (nSPS) is 26.5. The van der Waals surface area contributed by atoms with Crippen LogP contribution in [0.4, 0.5) is 0 Å². The summed E-state index contributed by atoms with van der Waals surface area (Å²) in [5.41, 5.74) is 1.06. The molecule has 4 heteroatoms. The van der Waals surface area contributed by atoms with Crippen LogP contribution in [0, 0.1) is 0 Å². The Labute approximate surface area is 93.5 Å². The minimum atomic E-state index is -0.227. The zero-order valence-electron chi connectivity index (χ0n) is 8.81. The maximum absolute atomic E-state index is 11.6. The molecule has 84 valence electrons. The first-order valence-corrected chi connectivity index (χ1v) is 5.48. The van der Waals surface area contributed by atoms with Gasteiger partial charge in [0.1, 0.15) is 5.75 Å². The summed E-state index contributed by atoms with van der Waals surface area (Å²) in [7, 11) is 0. The van der Waals surface area contributed by atoms with Crippen molar-refractivity contribution < 1.29 is 14.3 Å². The van der Waals surface area contributed by atoms with Crippen LogP contribution < -0.4 is 10.1 Å². The molecule has 2 aliphatic rings. The van der Waals surface area contributed by atoms with Crippen LogP contribution in [-0.2, 0) is 9.53 Å². The molecule has 1 aromatic carbocycles. The quantitative estimate of drug-likeness (QED) is 0.756. The predicted molar refractivity (Wildman–Crippen MR) is 57.2 cm³/mol. The molecule has 0 aliphatic carbocycles. The third-order valence-electron chi connectivity index (χ3n) is 2.90. The zero-order chi connectivity index (χ0) is 11.0. The van der Waals surface area contributed by atoms with E-state index in [1.165, 1.54) is 0 Å². The maximum Gasteiger partial charge on any atom is 0.252 e. The fraction of sp³-hybridized carbons (Fsp3) is 0.417. The van der Waals surface area contributed by atoms with Gasteiger partial charge in [0, 0.05) is 12.0 Å². The smallest absolute Gasteiger partial charge is 0.252 e. The van der Waals surface area contributed by atoms with Gasteiger partial charge in [-0.05, 0) is 6.07 Å². The lowest BCUT2D eigenvalue weighted by Crippen LogP contribution is -2.34. The molecule has 4 nitrogen and oxygen atoms in total. The summed E-state index contributed by atoms with van der Waals surface area (Å²) < 4.78 is 10.5. The van der Waals surface area contributed by atoms with Crippen molar-refractivity contribution >= 4 is 5.91 Å². The molecule has 1 N–H and O–H groups in total. The molecular weight excluding hydrogens is 206 g/mol. The van der Waals surface area contributed by atoms with E-state index in [2.05, 4.69) is 5.32 Å². The van der Waals surface area contributed by atoms with Crippen LogP contribution in [-0.4, -0.2) is 25.2 Å². The molecule has 0 spiro atoms. The van der Waals surface area contributed by atoms with Crippen molar-refractivity contribution in [2.75, 3.05) is 13.2 Å². The number of amides is 1. The third-order valence-corrected chi connectivity index (χ3v) is 2.90. The molecule has 3 rings (SSSR count). The molecular formula is C12H13NO3. The van der Waals surface area contributed by atoms with Gasteiger partial charge in [0.05, 0.1) is 19.3 Å². The monoisotopic (exact) mass is 219 g/mol. The Bertz CT molecular complexity index is 414. The summed E-state index contributed by atoms with van der Waals surface area (Å²) in [6.07, 6.45) is 0.588. The van der Waals surface area contributed by atoms with Crippen molar-refractivity contribution in [3.05, 3.63) is 29.8 Å². The molecule has 0 bridgehead atoms. The Balaban J connectivity index is 1.78. The van der Waals surface area contributed by atoms with Gasteiger partial charge >= 0.3 is 0 Å². The van der Waals surface area contributed by atoms with Crippen LogP contribution in [0.3, 0.4) is 0 Å². The van der Waals surface area contributed by atoms with E-state index in [0.717, 1.165) is 17.7 Å². The first-order valence-electron chi connectivity index (χ1n) is 5.48. The van der Waals surface area contributed by atoms with E-state index in [4.69, 9.17) is 9.47 Å². The summed E-state index contributed by atoms with van der Waals surface area (Å²) in [4.78, 5) is 11.6. The van der Waals surface area contributed by atoms with Gasteiger partial charge in [0.15, 0.2) is 6.10 Å².